The molecule has 9 heteroatoms. The number of aryl methyl sites for hydroxylation is 1. The number of piperazine rings is 1. The third-order valence-corrected chi connectivity index (χ3v) is 4.21. The van der Waals surface area contributed by atoms with E-state index in [0.717, 1.165) is 25.0 Å². The molecule has 0 saturated carbocycles. The van der Waals surface area contributed by atoms with E-state index in [4.69, 9.17) is 11.6 Å². The van der Waals surface area contributed by atoms with Crippen molar-refractivity contribution in [3.8, 4) is 0 Å². The lowest BCUT2D eigenvalue weighted by molar-refractivity contribution is 0.0624. The summed E-state index contributed by atoms with van der Waals surface area (Å²) in [6.07, 6.45) is 0. The Morgan fingerprint density at radius 1 is 1.30 bits per heavy atom. The van der Waals surface area contributed by atoms with Gasteiger partial charge >= 0.3 is 0 Å². The Hall–Kier alpha value is -2.06. The molecular formula is C14H16ClFN6O. The molecule has 23 heavy (non-hydrogen) atoms. The standard InChI is InChI=1S/C14H16ClFN6O/c1-20-13(17-18-19-20)9-21-4-6-22(7-5-21)14(23)11-3-2-10(16)8-12(11)15/h2-3,8H,4-7,9H2,1H3. The number of hydrogen-bond donors (Lipinski definition) is 0. The zero-order chi connectivity index (χ0) is 16.4. The predicted molar refractivity (Wildman–Crippen MR) is 81.4 cm³/mol. The lowest BCUT2D eigenvalue weighted by atomic mass is 10.1. The lowest BCUT2D eigenvalue weighted by Gasteiger charge is -2.34. The Balaban J connectivity index is 1.60. The Morgan fingerprint density at radius 2 is 2.04 bits per heavy atom. The highest BCUT2D eigenvalue weighted by Crippen LogP contribution is 2.20. The summed E-state index contributed by atoms with van der Waals surface area (Å²) >= 11 is 5.96. The van der Waals surface area contributed by atoms with Gasteiger partial charge in [-0.2, -0.15) is 0 Å². The molecule has 1 aliphatic rings. The van der Waals surface area contributed by atoms with E-state index in [-0.39, 0.29) is 10.9 Å². The zero-order valence-corrected chi connectivity index (χ0v) is 13.4. The van der Waals surface area contributed by atoms with Crippen molar-refractivity contribution in [3.05, 3.63) is 40.4 Å². The maximum Gasteiger partial charge on any atom is 0.255 e. The fraction of sp³-hybridized carbons (Fsp3) is 0.429. The first-order valence-electron chi connectivity index (χ1n) is 7.22. The van der Waals surface area contributed by atoms with Gasteiger partial charge in [0.2, 0.25) is 0 Å². The Bertz CT molecular complexity index is 713. The monoisotopic (exact) mass is 338 g/mol. The second-order valence-corrected chi connectivity index (χ2v) is 5.82. The summed E-state index contributed by atoms with van der Waals surface area (Å²) in [7, 11) is 1.80. The minimum atomic E-state index is -0.450. The van der Waals surface area contributed by atoms with Crippen LogP contribution in [-0.2, 0) is 13.6 Å². The Kier molecular flexibility index (Phi) is 4.53. The van der Waals surface area contributed by atoms with Crippen LogP contribution < -0.4 is 0 Å². The number of benzene rings is 1. The van der Waals surface area contributed by atoms with Crippen molar-refractivity contribution in [3.63, 3.8) is 0 Å². The summed E-state index contributed by atoms with van der Waals surface area (Å²) in [5, 5.41) is 11.5. The topological polar surface area (TPSA) is 67.2 Å². The Morgan fingerprint density at radius 3 is 2.65 bits per heavy atom. The van der Waals surface area contributed by atoms with Crippen molar-refractivity contribution in [1.82, 2.24) is 30.0 Å². The average molecular weight is 339 g/mol. The van der Waals surface area contributed by atoms with Crippen molar-refractivity contribution in [2.24, 2.45) is 7.05 Å². The van der Waals surface area contributed by atoms with Gasteiger partial charge in [0.1, 0.15) is 5.82 Å². The maximum atomic E-state index is 13.1. The van der Waals surface area contributed by atoms with E-state index in [9.17, 15) is 9.18 Å². The van der Waals surface area contributed by atoms with Gasteiger partial charge in [0.25, 0.3) is 5.91 Å². The second kappa shape index (κ2) is 6.59. The zero-order valence-electron chi connectivity index (χ0n) is 12.6. The van der Waals surface area contributed by atoms with Crippen LogP contribution in [0.3, 0.4) is 0 Å². The fourth-order valence-corrected chi connectivity index (χ4v) is 2.77. The van der Waals surface area contributed by atoms with Gasteiger partial charge in [-0.1, -0.05) is 11.6 Å². The number of tetrazole rings is 1. The number of halogens is 2. The van der Waals surface area contributed by atoms with Crippen LogP contribution in [0.5, 0.6) is 0 Å². The number of hydrogen-bond acceptors (Lipinski definition) is 5. The van der Waals surface area contributed by atoms with E-state index in [1.807, 2.05) is 0 Å². The SMILES string of the molecule is Cn1nnnc1CN1CCN(C(=O)c2ccc(F)cc2Cl)CC1. The Labute approximate surface area is 137 Å². The van der Waals surface area contributed by atoms with Gasteiger partial charge < -0.3 is 4.90 Å². The molecule has 1 aliphatic heterocycles. The van der Waals surface area contributed by atoms with E-state index in [2.05, 4.69) is 20.4 Å². The van der Waals surface area contributed by atoms with Crippen molar-refractivity contribution >= 4 is 17.5 Å². The molecule has 122 valence electrons. The maximum absolute atomic E-state index is 13.1. The molecular weight excluding hydrogens is 323 g/mol. The summed E-state index contributed by atoms with van der Waals surface area (Å²) in [5.74, 6) is 0.162. The van der Waals surface area contributed by atoms with Gasteiger partial charge in [-0.3, -0.25) is 9.69 Å². The molecule has 2 aromatic rings. The highest BCUT2D eigenvalue weighted by atomic mass is 35.5. The molecule has 0 radical (unpaired) electrons. The number of amides is 1. The third kappa shape index (κ3) is 3.48. The molecule has 0 unspecified atom stereocenters. The molecule has 1 aromatic heterocycles. The van der Waals surface area contributed by atoms with Crippen LogP contribution in [0.1, 0.15) is 16.2 Å². The molecule has 7 nitrogen and oxygen atoms in total. The molecule has 0 atom stereocenters. The fourth-order valence-electron chi connectivity index (χ4n) is 2.52. The third-order valence-electron chi connectivity index (χ3n) is 3.89. The van der Waals surface area contributed by atoms with E-state index in [0.29, 0.717) is 25.2 Å². The molecule has 3 rings (SSSR count). The minimum Gasteiger partial charge on any atom is -0.336 e. The number of rotatable bonds is 3. The summed E-state index contributed by atoms with van der Waals surface area (Å²) in [6.45, 7) is 3.24. The van der Waals surface area contributed by atoms with E-state index < -0.39 is 5.82 Å². The first kappa shape index (κ1) is 15.8. The lowest BCUT2D eigenvalue weighted by Crippen LogP contribution is -2.48. The smallest absolute Gasteiger partial charge is 0.255 e. The molecule has 1 fully saturated rings. The van der Waals surface area contributed by atoms with Crippen LogP contribution in [-0.4, -0.2) is 62.1 Å². The molecule has 0 aliphatic carbocycles. The van der Waals surface area contributed by atoms with Gasteiger partial charge in [-0.05, 0) is 28.6 Å². The minimum absolute atomic E-state index is 0.141. The molecule has 2 heterocycles. The highest BCUT2D eigenvalue weighted by Gasteiger charge is 2.24. The van der Waals surface area contributed by atoms with E-state index >= 15 is 0 Å². The van der Waals surface area contributed by atoms with Crippen LogP contribution in [0.4, 0.5) is 4.39 Å². The summed E-state index contributed by atoms with van der Waals surface area (Å²) < 4.78 is 14.7. The van der Waals surface area contributed by atoms with Crippen LogP contribution in [0.25, 0.3) is 0 Å². The van der Waals surface area contributed by atoms with Gasteiger partial charge in [-0.25, -0.2) is 9.07 Å². The first-order valence-corrected chi connectivity index (χ1v) is 7.60. The van der Waals surface area contributed by atoms with Crippen LogP contribution in [0, 0.1) is 5.82 Å². The largest absolute Gasteiger partial charge is 0.336 e. The molecule has 1 saturated heterocycles. The van der Waals surface area contributed by atoms with Gasteiger partial charge in [0, 0.05) is 33.2 Å². The average Bonchev–Trinajstić information content (AvgIpc) is 2.93. The number of carbonyl (C=O) groups excluding carboxylic acids is 1. The van der Waals surface area contributed by atoms with Crippen molar-refractivity contribution in [2.75, 3.05) is 26.2 Å². The van der Waals surface area contributed by atoms with Crippen LogP contribution in [0.2, 0.25) is 5.02 Å². The summed E-state index contributed by atoms with van der Waals surface area (Å²) in [6, 6.07) is 3.83. The van der Waals surface area contributed by atoms with Gasteiger partial charge in [0.05, 0.1) is 17.1 Å². The van der Waals surface area contributed by atoms with Crippen molar-refractivity contribution < 1.29 is 9.18 Å². The molecule has 1 aromatic carbocycles. The highest BCUT2D eigenvalue weighted by molar-refractivity contribution is 6.33. The van der Waals surface area contributed by atoms with Gasteiger partial charge in [-0.15, -0.1) is 5.10 Å². The van der Waals surface area contributed by atoms with Crippen molar-refractivity contribution in [1.29, 1.82) is 0 Å². The first-order chi connectivity index (χ1) is 11.0. The number of nitrogens with zero attached hydrogens (tertiary/aromatic N) is 6. The second-order valence-electron chi connectivity index (χ2n) is 5.41. The molecule has 0 spiro atoms. The van der Waals surface area contributed by atoms with Crippen LogP contribution in [0.15, 0.2) is 18.2 Å². The normalized spacial score (nSPS) is 15.9. The molecule has 1 amide bonds. The van der Waals surface area contributed by atoms with E-state index in [1.54, 1.807) is 16.6 Å². The number of aromatic nitrogens is 4. The van der Waals surface area contributed by atoms with E-state index in [1.165, 1.54) is 12.1 Å². The summed E-state index contributed by atoms with van der Waals surface area (Å²) in [4.78, 5) is 16.4. The van der Waals surface area contributed by atoms with Crippen LogP contribution >= 0.6 is 11.6 Å². The number of carbonyl (C=O) groups is 1. The quantitative estimate of drug-likeness (QED) is 0.834. The van der Waals surface area contributed by atoms with Crippen molar-refractivity contribution in [2.45, 2.75) is 6.54 Å². The summed E-state index contributed by atoms with van der Waals surface area (Å²) in [5.41, 5.74) is 0.332. The predicted octanol–water partition coefficient (Wildman–Crippen LogP) is 0.961. The molecule has 0 bridgehead atoms. The van der Waals surface area contributed by atoms with Gasteiger partial charge in [0.15, 0.2) is 5.82 Å². The molecule has 0 N–H and O–H groups in total.